The molecule has 0 bridgehead atoms. The topological polar surface area (TPSA) is 50.7 Å². The fourth-order valence-electron chi connectivity index (χ4n) is 3.03. The zero-order valence-corrected chi connectivity index (χ0v) is 14.1. The zero-order valence-electron chi connectivity index (χ0n) is 14.1. The maximum atomic E-state index is 10.1. The Labute approximate surface area is 133 Å². The Hall–Kier alpha value is -1.26. The molecular formula is C18H29NO3. The summed E-state index contributed by atoms with van der Waals surface area (Å²) >= 11 is 0. The second-order valence-electron chi connectivity index (χ2n) is 6.42. The van der Waals surface area contributed by atoms with E-state index in [9.17, 15) is 5.11 Å². The smallest absolute Gasteiger partial charge is 0.161 e. The van der Waals surface area contributed by atoms with E-state index >= 15 is 0 Å². The van der Waals surface area contributed by atoms with Gasteiger partial charge < -0.3 is 19.9 Å². The van der Waals surface area contributed by atoms with Crippen LogP contribution in [0.1, 0.15) is 58.1 Å². The molecule has 0 amide bonds. The van der Waals surface area contributed by atoms with Crippen LogP contribution in [-0.2, 0) is 0 Å². The van der Waals surface area contributed by atoms with Crippen LogP contribution < -0.4 is 14.8 Å². The maximum absolute atomic E-state index is 10.1. The third-order valence-corrected chi connectivity index (χ3v) is 4.24. The third-order valence-electron chi connectivity index (χ3n) is 4.24. The lowest BCUT2D eigenvalue weighted by Crippen LogP contribution is -2.43. The Kier molecular flexibility index (Phi) is 6.09. The van der Waals surface area contributed by atoms with Crippen molar-refractivity contribution in [3.63, 3.8) is 0 Å². The van der Waals surface area contributed by atoms with Crippen LogP contribution in [0.15, 0.2) is 18.2 Å². The molecule has 0 saturated heterocycles. The number of hydrogen-bond acceptors (Lipinski definition) is 4. The highest BCUT2D eigenvalue weighted by molar-refractivity contribution is 5.44. The standard InChI is InChI=1S/C18H29NO3/c1-12(2)22-17-10-9-14(11-18(17)21-4)13(3)19-15-7-5-6-8-16(15)20/h9-13,15-16,19-20H,5-8H2,1-4H3. The van der Waals surface area contributed by atoms with Crippen LogP contribution in [0.25, 0.3) is 0 Å². The van der Waals surface area contributed by atoms with Crippen LogP contribution in [0, 0.1) is 0 Å². The quantitative estimate of drug-likeness (QED) is 0.845. The molecule has 1 aromatic carbocycles. The van der Waals surface area contributed by atoms with Gasteiger partial charge in [-0.25, -0.2) is 0 Å². The lowest BCUT2D eigenvalue weighted by atomic mass is 9.91. The van der Waals surface area contributed by atoms with E-state index in [1.54, 1.807) is 7.11 Å². The van der Waals surface area contributed by atoms with Crippen molar-refractivity contribution in [1.29, 1.82) is 0 Å². The molecule has 3 unspecified atom stereocenters. The van der Waals surface area contributed by atoms with Gasteiger partial charge in [0.1, 0.15) is 0 Å². The summed E-state index contributed by atoms with van der Waals surface area (Å²) in [4.78, 5) is 0. The molecule has 1 fully saturated rings. The SMILES string of the molecule is COc1cc(C(C)NC2CCCCC2O)ccc1OC(C)C. The molecule has 0 spiro atoms. The first-order valence-corrected chi connectivity index (χ1v) is 8.30. The summed E-state index contributed by atoms with van der Waals surface area (Å²) in [6.45, 7) is 6.13. The fourth-order valence-corrected chi connectivity index (χ4v) is 3.03. The Morgan fingerprint density at radius 2 is 1.86 bits per heavy atom. The molecule has 1 aliphatic rings. The average molecular weight is 307 g/mol. The van der Waals surface area contributed by atoms with Crippen molar-refractivity contribution >= 4 is 0 Å². The van der Waals surface area contributed by atoms with Gasteiger partial charge >= 0.3 is 0 Å². The van der Waals surface area contributed by atoms with Gasteiger partial charge in [0.25, 0.3) is 0 Å². The average Bonchev–Trinajstić information content (AvgIpc) is 2.49. The van der Waals surface area contributed by atoms with E-state index in [2.05, 4.69) is 18.3 Å². The molecule has 2 N–H and O–H groups in total. The molecule has 1 saturated carbocycles. The Bertz CT molecular complexity index is 475. The summed E-state index contributed by atoms with van der Waals surface area (Å²) in [5.74, 6) is 1.52. The number of benzene rings is 1. The van der Waals surface area contributed by atoms with Gasteiger partial charge in [-0.2, -0.15) is 0 Å². The number of methoxy groups -OCH3 is 1. The largest absolute Gasteiger partial charge is 0.493 e. The molecule has 3 atom stereocenters. The minimum atomic E-state index is -0.235. The molecule has 0 radical (unpaired) electrons. The van der Waals surface area contributed by atoms with Crippen molar-refractivity contribution in [1.82, 2.24) is 5.32 Å². The van der Waals surface area contributed by atoms with Gasteiger partial charge in [0.2, 0.25) is 0 Å². The summed E-state index contributed by atoms with van der Waals surface area (Å²) in [6.07, 6.45) is 4.13. The number of ether oxygens (including phenoxy) is 2. The highest BCUT2D eigenvalue weighted by atomic mass is 16.5. The molecule has 124 valence electrons. The van der Waals surface area contributed by atoms with Crippen LogP contribution in [0.2, 0.25) is 0 Å². The highest BCUT2D eigenvalue weighted by Gasteiger charge is 2.24. The second kappa shape index (κ2) is 7.84. The predicted octanol–water partition coefficient (Wildman–Crippen LogP) is 3.44. The minimum absolute atomic E-state index is 0.118. The van der Waals surface area contributed by atoms with Gasteiger partial charge in [-0.15, -0.1) is 0 Å². The molecule has 0 heterocycles. The molecular weight excluding hydrogens is 278 g/mol. The molecule has 0 aliphatic heterocycles. The van der Waals surface area contributed by atoms with Crippen molar-refractivity contribution in [3.05, 3.63) is 23.8 Å². The van der Waals surface area contributed by atoms with Crippen molar-refractivity contribution in [2.75, 3.05) is 7.11 Å². The van der Waals surface area contributed by atoms with E-state index < -0.39 is 0 Å². The van der Waals surface area contributed by atoms with Gasteiger partial charge in [-0.3, -0.25) is 0 Å². The normalized spacial score (nSPS) is 23.4. The maximum Gasteiger partial charge on any atom is 0.161 e. The third kappa shape index (κ3) is 4.37. The molecule has 1 aromatic rings. The number of aliphatic hydroxyl groups is 1. The van der Waals surface area contributed by atoms with Gasteiger partial charge in [0, 0.05) is 12.1 Å². The van der Waals surface area contributed by atoms with E-state index in [1.807, 2.05) is 26.0 Å². The summed E-state index contributed by atoms with van der Waals surface area (Å²) in [5.41, 5.74) is 1.14. The number of rotatable bonds is 6. The first-order chi connectivity index (χ1) is 10.5. The van der Waals surface area contributed by atoms with Crippen molar-refractivity contribution in [2.45, 2.75) is 70.7 Å². The Morgan fingerprint density at radius 1 is 1.14 bits per heavy atom. The Morgan fingerprint density at radius 3 is 2.50 bits per heavy atom. The van der Waals surface area contributed by atoms with Crippen LogP contribution in [0.4, 0.5) is 0 Å². The fraction of sp³-hybridized carbons (Fsp3) is 0.667. The number of hydrogen-bond donors (Lipinski definition) is 2. The van der Waals surface area contributed by atoms with Crippen molar-refractivity contribution in [2.24, 2.45) is 0 Å². The molecule has 4 heteroatoms. The van der Waals surface area contributed by atoms with E-state index in [4.69, 9.17) is 9.47 Å². The highest BCUT2D eigenvalue weighted by Crippen LogP contribution is 2.31. The van der Waals surface area contributed by atoms with Crippen LogP contribution >= 0.6 is 0 Å². The molecule has 22 heavy (non-hydrogen) atoms. The zero-order chi connectivity index (χ0) is 16.1. The summed E-state index contributed by atoms with van der Waals surface area (Å²) in [6, 6.07) is 6.39. The molecule has 2 rings (SSSR count). The molecule has 0 aromatic heterocycles. The molecule has 1 aliphatic carbocycles. The van der Waals surface area contributed by atoms with E-state index in [-0.39, 0.29) is 24.3 Å². The lowest BCUT2D eigenvalue weighted by molar-refractivity contribution is 0.0859. The van der Waals surface area contributed by atoms with E-state index in [0.717, 1.165) is 36.3 Å². The van der Waals surface area contributed by atoms with Crippen LogP contribution in [-0.4, -0.2) is 30.5 Å². The van der Waals surface area contributed by atoms with Gasteiger partial charge in [-0.1, -0.05) is 18.9 Å². The first kappa shape index (κ1) is 17.1. The summed E-state index contributed by atoms with van der Waals surface area (Å²) in [7, 11) is 1.66. The summed E-state index contributed by atoms with van der Waals surface area (Å²) in [5, 5.41) is 13.7. The monoisotopic (exact) mass is 307 g/mol. The van der Waals surface area contributed by atoms with Gasteiger partial charge in [0.15, 0.2) is 11.5 Å². The van der Waals surface area contributed by atoms with E-state index in [1.165, 1.54) is 6.42 Å². The van der Waals surface area contributed by atoms with Crippen molar-refractivity contribution < 1.29 is 14.6 Å². The van der Waals surface area contributed by atoms with Crippen molar-refractivity contribution in [3.8, 4) is 11.5 Å². The second-order valence-corrected chi connectivity index (χ2v) is 6.42. The van der Waals surface area contributed by atoms with E-state index in [0.29, 0.717) is 0 Å². The number of aliphatic hydroxyl groups excluding tert-OH is 1. The summed E-state index contributed by atoms with van der Waals surface area (Å²) < 4.78 is 11.2. The first-order valence-electron chi connectivity index (χ1n) is 8.30. The lowest BCUT2D eigenvalue weighted by Gasteiger charge is -2.31. The molecule has 4 nitrogen and oxygen atoms in total. The Balaban J connectivity index is 2.07. The van der Waals surface area contributed by atoms with Crippen LogP contribution in [0.5, 0.6) is 11.5 Å². The van der Waals surface area contributed by atoms with Crippen LogP contribution in [0.3, 0.4) is 0 Å². The van der Waals surface area contributed by atoms with Gasteiger partial charge in [0.05, 0.1) is 19.3 Å². The predicted molar refractivity (Wildman–Crippen MR) is 88.6 cm³/mol. The van der Waals surface area contributed by atoms with Gasteiger partial charge in [-0.05, 0) is 51.3 Å². The number of nitrogens with one attached hydrogen (secondary N) is 1. The minimum Gasteiger partial charge on any atom is -0.493 e.